The topological polar surface area (TPSA) is 58.6 Å². The first-order chi connectivity index (χ1) is 12.2. The third kappa shape index (κ3) is 3.70. The van der Waals surface area contributed by atoms with Gasteiger partial charge in [-0.1, -0.05) is 11.6 Å². The summed E-state index contributed by atoms with van der Waals surface area (Å²) in [6, 6.07) is 1.71. The van der Waals surface area contributed by atoms with E-state index in [9.17, 15) is 4.79 Å². The van der Waals surface area contributed by atoms with Crippen molar-refractivity contribution < 1.29 is 9.53 Å². The molecule has 6 nitrogen and oxygen atoms in total. The van der Waals surface area contributed by atoms with E-state index in [-0.39, 0.29) is 12.1 Å². The first kappa shape index (κ1) is 18.7. The maximum Gasteiger partial charge on any atom is 0.410 e. The van der Waals surface area contributed by atoms with Gasteiger partial charge in [0.1, 0.15) is 10.8 Å². The molecule has 0 radical (unpaired) electrons. The van der Waals surface area contributed by atoms with Crippen LogP contribution in [0.3, 0.4) is 0 Å². The van der Waals surface area contributed by atoms with Crippen molar-refractivity contribution in [3.63, 3.8) is 0 Å². The molecule has 1 fully saturated rings. The number of likely N-dealkylation sites (tertiary alicyclic amines) is 1. The van der Waals surface area contributed by atoms with Crippen molar-refractivity contribution in [1.82, 2.24) is 14.9 Å². The van der Waals surface area contributed by atoms with Crippen LogP contribution in [0.4, 0.5) is 10.5 Å². The van der Waals surface area contributed by atoms with Crippen molar-refractivity contribution in [2.75, 3.05) is 25.5 Å². The Morgan fingerprint density at radius 2 is 2.00 bits per heavy atom. The van der Waals surface area contributed by atoms with Gasteiger partial charge in [-0.25, -0.2) is 9.78 Å². The Morgan fingerprint density at radius 1 is 1.27 bits per heavy atom. The van der Waals surface area contributed by atoms with Crippen LogP contribution in [0.2, 0.25) is 5.15 Å². The maximum absolute atomic E-state index is 12.7. The summed E-state index contributed by atoms with van der Waals surface area (Å²) in [5, 5.41) is 2.32. The molecule has 26 heavy (non-hydrogen) atoms. The molecule has 3 heterocycles. The number of carbonyl (C=O) groups is 1. The van der Waals surface area contributed by atoms with Crippen LogP contribution in [-0.2, 0) is 4.74 Å². The zero-order chi connectivity index (χ0) is 19.1. The second-order valence-corrected chi connectivity index (χ2v) is 8.19. The monoisotopic (exact) mass is 376 g/mol. The van der Waals surface area contributed by atoms with Gasteiger partial charge in [-0.3, -0.25) is 9.88 Å². The summed E-state index contributed by atoms with van der Waals surface area (Å²) in [4.78, 5) is 25.4. The number of nitrogens with zero attached hydrogens (tertiary/aromatic N) is 4. The molecule has 1 aliphatic heterocycles. The summed E-state index contributed by atoms with van der Waals surface area (Å²) >= 11 is 6.16. The van der Waals surface area contributed by atoms with Gasteiger partial charge in [0.2, 0.25) is 0 Å². The summed E-state index contributed by atoms with van der Waals surface area (Å²) < 4.78 is 5.58. The lowest BCUT2D eigenvalue weighted by molar-refractivity contribution is 0.0222. The van der Waals surface area contributed by atoms with E-state index < -0.39 is 5.60 Å². The van der Waals surface area contributed by atoms with Crippen molar-refractivity contribution in [2.45, 2.75) is 45.3 Å². The molecule has 3 rings (SSSR count). The summed E-state index contributed by atoms with van der Waals surface area (Å²) in [7, 11) is 3.93. The number of aromatic nitrogens is 2. The molecule has 1 aliphatic rings. The third-order valence-electron chi connectivity index (χ3n) is 4.43. The van der Waals surface area contributed by atoms with Crippen molar-refractivity contribution in [3.05, 3.63) is 29.3 Å². The molecular formula is C19H25ClN4O2. The normalized spacial score (nSPS) is 17.6. The second-order valence-electron chi connectivity index (χ2n) is 7.81. The highest BCUT2D eigenvalue weighted by molar-refractivity contribution is 6.30. The summed E-state index contributed by atoms with van der Waals surface area (Å²) in [6.45, 7) is 6.29. The minimum Gasteiger partial charge on any atom is -0.444 e. The fraction of sp³-hybridized carbons (Fsp3) is 0.526. The second kappa shape index (κ2) is 6.91. The van der Waals surface area contributed by atoms with Crippen LogP contribution in [0.15, 0.2) is 18.5 Å². The molecule has 0 saturated carbocycles. The van der Waals surface area contributed by atoms with Crippen LogP contribution in [0, 0.1) is 0 Å². The number of anilines is 1. The summed E-state index contributed by atoms with van der Waals surface area (Å²) in [6.07, 6.45) is 5.07. The first-order valence-corrected chi connectivity index (χ1v) is 9.16. The molecular weight excluding hydrogens is 352 g/mol. The fourth-order valence-corrected chi connectivity index (χ4v) is 3.49. The molecule has 1 atom stereocenters. The summed E-state index contributed by atoms with van der Waals surface area (Å²) in [5.74, 6) is 0. The Morgan fingerprint density at radius 3 is 2.65 bits per heavy atom. The Balaban J connectivity index is 2.05. The Hall–Kier alpha value is -2.08. The van der Waals surface area contributed by atoms with Gasteiger partial charge in [-0.05, 0) is 39.7 Å². The van der Waals surface area contributed by atoms with Gasteiger partial charge in [0.25, 0.3) is 0 Å². The van der Waals surface area contributed by atoms with Gasteiger partial charge in [0.05, 0.1) is 23.6 Å². The van der Waals surface area contributed by atoms with Crippen molar-refractivity contribution in [3.8, 4) is 0 Å². The molecule has 140 valence electrons. The smallest absolute Gasteiger partial charge is 0.410 e. The number of rotatable bonds is 2. The molecule has 1 saturated heterocycles. The average molecular weight is 377 g/mol. The first-order valence-electron chi connectivity index (χ1n) is 8.78. The quantitative estimate of drug-likeness (QED) is 0.726. The van der Waals surface area contributed by atoms with Crippen LogP contribution in [0.1, 0.15) is 45.3 Å². The lowest BCUT2D eigenvalue weighted by atomic mass is 10.0. The molecule has 0 spiro atoms. The number of carbonyl (C=O) groups excluding carboxylic acids is 1. The van der Waals surface area contributed by atoms with E-state index in [1.807, 2.05) is 52.0 Å². The highest BCUT2D eigenvalue weighted by atomic mass is 35.5. The molecule has 0 aliphatic carbocycles. The molecule has 7 heteroatoms. The maximum atomic E-state index is 12.7. The van der Waals surface area contributed by atoms with E-state index in [1.165, 1.54) is 0 Å². The molecule has 2 aromatic heterocycles. The number of fused-ring (bicyclic) bond motifs is 1. The molecule has 1 amide bonds. The minimum absolute atomic E-state index is 0.123. The number of hydrogen-bond donors (Lipinski definition) is 0. The Bertz CT molecular complexity index is 832. The van der Waals surface area contributed by atoms with Crippen molar-refractivity contribution in [2.24, 2.45) is 0 Å². The number of hydrogen-bond acceptors (Lipinski definition) is 5. The number of ether oxygens (including phenoxy) is 1. The fourth-order valence-electron chi connectivity index (χ4n) is 3.33. The average Bonchev–Trinajstić information content (AvgIpc) is 3.01. The summed E-state index contributed by atoms with van der Waals surface area (Å²) in [5.41, 5.74) is 1.29. The van der Waals surface area contributed by atoms with Gasteiger partial charge in [-0.15, -0.1) is 0 Å². The Kier molecular flexibility index (Phi) is 4.97. The SMILES string of the molecule is CN(C)c1cnc(C2CCCN2C(=O)OC(C)(C)C)c2cc(Cl)ncc12. The predicted molar refractivity (Wildman–Crippen MR) is 104 cm³/mol. The van der Waals surface area contributed by atoms with Gasteiger partial charge in [0, 0.05) is 37.6 Å². The van der Waals surface area contributed by atoms with Crippen LogP contribution >= 0.6 is 11.6 Å². The van der Waals surface area contributed by atoms with E-state index in [1.54, 1.807) is 11.1 Å². The molecule has 2 aromatic rings. The van der Waals surface area contributed by atoms with Crippen LogP contribution < -0.4 is 4.90 Å². The molecule has 0 aromatic carbocycles. The number of pyridine rings is 2. The highest BCUT2D eigenvalue weighted by Crippen LogP contribution is 2.38. The lowest BCUT2D eigenvalue weighted by Crippen LogP contribution is -2.36. The zero-order valence-electron chi connectivity index (χ0n) is 15.9. The largest absolute Gasteiger partial charge is 0.444 e. The predicted octanol–water partition coefficient (Wildman–Crippen LogP) is 4.42. The molecule has 0 N–H and O–H groups in total. The Labute approximate surface area is 159 Å². The third-order valence-corrected chi connectivity index (χ3v) is 4.63. The number of amides is 1. The van der Waals surface area contributed by atoms with Crippen LogP contribution in [0.5, 0.6) is 0 Å². The van der Waals surface area contributed by atoms with Gasteiger partial charge in [0.15, 0.2) is 0 Å². The van der Waals surface area contributed by atoms with Crippen LogP contribution in [0.25, 0.3) is 10.8 Å². The van der Waals surface area contributed by atoms with Crippen molar-refractivity contribution >= 4 is 34.2 Å². The van der Waals surface area contributed by atoms with E-state index in [0.29, 0.717) is 11.7 Å². The van der Waals surface area contributed by atoms with E-state index in [4.69, 9.17) is 21.3 Å². The van der Waals surface area contributed by atoms with Gasteiger partial charge in [-0.2, -0.15) is 0 Å². The van der Waals surface area contributed by atoms with Gasteiger partial charge >= 0.3 is 6.09 Å². The van der Waals surface area contributed by atoms with E-state index in [0.717, 1.165) is 35.0 Å². The van der Waals surface area contributed by atoms with Crippen LogP contribution in [-0.4, -0.2) is 47.2 Å². The standard InChI is InChI=1S/C19H25ClN4O2/c1-19(2,3)26-18(25)24-8-6-7-14(24)17-12-9-16(20)21-10-13(12)15(11-22-17)23(4)5/h9-11,14H,6-8H2,1-5H3. The molecule has 0 bridgehead atoms. The highest BCUT2D eigenvalue weighted by Gasteiger charge is 2.35. The zero-order valence-corrected chi connectivity index (χ0v) is 16.7. The van der Waals surface area contributed by atoms with Crippen molar-refractivity contribution in [1.29, 1.82) is 0 Å². The lowest BCUT2D eigenvalue weighted by Gasteiger charge is -2.29. The van der Waals surface area contributed by atoms with Gasteiger partial charge < -0.3 is 9.64 Å². The minimum atomic E-state index is -0.526. The number of halogens is 1. The van der Waals surface area contributed by atoms with E-state index >= 15 is 0 Å². The molecule has 1 unspecified atom stereocenters. The van der Waals surface area contributed by atoms with E-state index in [2.05, 4.69) is 4.98 Å².